The number of alkyl halides is 4. The Balaban J connectivity index is 0.000000237. The summed E-state index contributed by atoms with van der Waals surface area (Å²) in [5, 5.41) is 31.3. The second-order valence-electron chi connectivity index (χ2n) is 23.8. The fourth-order valence-electron chi connectivity index (χ4n) is 16.1. The fraction of sp³-hybridized carbons (Fsp3) is 0.667. The molecule has 6 saturated carbocycles. The second-order valence-corrected chi connectivity index (χ2v) is 25.7. The SMILES string of the molecule is CCC(=O)O[C@]1(C(=O)SC/C=C/CO)[C@H](C)CC2C3C[C@H](F)C4=CC(=O)C=C[C@]4(C)[C@@]3(F)[C@@H](O)C[C@@]21C.CCOC(=O)C(=O)OC/C=C/CSC(=O)[C@@]1(OC(=O)CC)[C@H](C)CC2C3C[C@H](F)C4=CC(=O)C=C[C@]4(C)[C@@]3(F)[C@@H](O)C[C@@]21C. The molecular formula is C60H76F4O15S2. The lowest BCUT2D eigenvalue weighted by molar-refractivity contribution is -0.228. The summed E-state index contributed by atoms with van der Waals surface area (Å²) in [5.41, 5.74) is -13.4. The quantitative estimate of drug-likeness (QED) is 0.0489. The third-order valence-electron chi connectivity index (χ3n) is 19.9. The van der Waals surface area contributed by atoms with Gasteiger partial charge in [0, 0.05) is 69.7 Å². The Morgan fingerprint density at radius 1 is 0.617 bits per heavy atom. The summed E-state index contributed by atoms with van der Waals surface area (Å²) in [6, 6.07) is 0. The third kappa shape index (κ3) is 9.98. The van der Waals surface area contributed by atoms with Crippen LogP contribution < -0.4 is 0 Å². The summed E-state index contributed by atoms with van der Waals surface area (Å²) in [7, 11) is 0. The Morgan fingerprint density at radius 3 is 1.40 bits per heavy atom. The van der Waals surface area contributed by atoms with Gasteiger partial charge < -0.3 is 34.3 Å². The molecule has 0 bridgehead atoms. The van der Waals surface area contributed by atoms with E-state index in [-0.39, 0.29) is 87.4 Å². The summed E-state index contributed by atoms with van der Waals surface area (Å²) in [4.78, 5) is 101. The zero-order chi connectivity index (χ0) is 60.1. The van der Waals surface area contributed by atoms with E-state index in [1.165, 1.54) is 50.3 Å². The van der Waals surface area contributed by atoms with E-state index in [9.17, 15) is 48.6 Å². The van der Waals surface area contributed by atoms with Gasteiger partial charge in [0.25, 0.3) is 0 Å². The molecule has 0 spiro atoms. The number of thioether (sulfide) groups is 2. The van der Waals surface area contributed by atoms with Gasteiger partial charge in [-0.25, -0.2) is 27.2 Å². The number of esters is 4. The summed E-state index contributed by atoms with van der Waals surface area (Å²) in [5.74, 6) is -8.20. The molecular weight excluding hydrogens is 1100 g/mol. The Morgan fingerprint density at radius 2 is 1.01 bits per heavy atom. The van der Waals surface area contributed by atoms with E-state index in [4.69, 9.17) is 19.3 Å². The Kier molecular flexibility index (Phi) is 18.7. The third-order valence-corrected chi connectivity index (χ3v) is 21.7. The maximum absolute atomic E-state index is 17.5. The van der Waals surface area contributed by atoms with E-state index < -0.39 is 150 Å². The van der Waals surface area contributed by atoms with Gasteiger partial charge in [0.1, 0.15) is 19.0 Å². The molecule has 81 heavy (non-hydrogen) atoms. The molecule has 8 aliphatic carbocycles. The highest BCUT2D eigenvalue weighted by Crippen LogP contribution is 2.74. The van der Waals surface area contributed by atoms with Crippen molar-refractivity contribution in [3.05, 3.63) is 71.9 Å². The second kappa shape index (κ2) is 23.7. The van der Waals surface area contributed by atoms with Crippen LogP contribution in [0, 0.1) is 57.2 Å². The van der Waals surface area contributed by atoms with Crippen LogP contribution in [0.3, 0.4) is 0 Å². The van der Waals surface area contributed by atoms with Crippen LogP contribution in [0.5, 0.6) is 0 Å². The Bertz CT molecular complexity index is 2750. The Hall–Kier alpha value is -4.70. The number of aliphatic hydroxyl groups is 3. The molecule has 446 valence electrons. The van der Waals surface area contributed by atoms with Gasteiger partial charge in [0.2, 0.25) is 10.2 Å². The van der Waals surface area contributed by atoms with E-state index in [2.05, 4.69) is 4.74 Å². The maximum atomic E-state index is 17.5. The number of ketones is 2. The first-order valence-corrected chi connectivity index (χ1v) is 29.9. The van der Waals surface area contributed by atoms with Crippen LogP contribution in [0.2, 0.25) is 0 Å². The molecule has 18 atom stereocenters. The minimum Gasteiger partial charge on any atom is -0.458 e. The molecule has 0 heterocycles. The molecule has 0 amide bonds. The monoisotopic (exact) mass is 1180 g/mol. The summed E-state index contributed by atoms with van der Waals surface area (Å²) in [6.45, 7) is 14.5. The van der Waals surface area contributed by atoms with Crippen molar-refractivity contribution in [1.29, 1.82) is 0 Å². The zero-order valence-corrected chi connectivity index (χ0v) is 48.9. The van der Waals surface area contributed by atoms with E-state index >= 15 is 17.6 Å². The van der Waals surface area contributed by atoms with Crippen LogP contribution in [0.1, 0.15) is 114 Å². The number of ether oxygens (including phenoxy) is 4. The smallest absolute Gasteiger partial charge is 0.417 e. The topological polar surface area (TPSA) is 234 Å². The highest BCUT2D eigenvalue weighted by Gasteiger charge is 2.80. The molecule has 4 unspecified atom stereocenters. The van der Waals surface area contributed by atoms with E-state index in [1.54, 1.807) is 60.6 Å². The number of allylic oxidation sites excluding steroid dienone is 8. The number of hydrogen-bond acceptors (Lipinski definition) is 17. The largest absolute Gasteiger partial charge is 0.458 e. The molecule has 15 nitrogen and oxygen atoms in total. The lowest BCUT2D eigenvalue weighted by Crippen LogP contribution is -2.70. The van der Waals surface area contributed by atoms with Gasteiger partial charge >= 0.3 is 23.9 Å². The number of carbonyl (C=O) groups excluding carboxylic acids is 8. The normalized spacial score (nSPS) is 41.7. The van der Waals surface area contributed by atoms with Crippen molar-refractivity contribution in [2.24, 2.45) is 57.2 Å². The maximum Gasteiger partial charge on any atom is 0.417 e. The van der Waals surface area contributed by atoms with Gasteiger partial charge in [-0.1, -0.05) is 102 Å². The number of aliphatic hydroxyl groups excluding tert-OH is 3. The van der Waals surface area contributed by atoms with Crippen molar-refractivity contribution >= 4 is 69.2 Å². The van der Waals surface area contributed by atoms with Crippen molar-refractivity contribution < 1.29 is 90.2 Å². The fourth-order valence-corrected chi connectivity index (χ4v) is 18.2. The molecule has 0 aliphatic heterocycles. The van der Waals surface area contributed by atoms with E-state index in [1.807, 2.05) is 0 Å². The number of rotatable bonds is 14. The lowest BCUT2D eigenvalue weighted by Gasteiger charge is -2.63. The summed E-state index contributed by atoms with van der Waals surface area (Å²) >= 11 is 1.81. The first-order valence-electron chi connectivity index (χ1n) is 27.9. The lowest BCUT2D eigenvalue weighted by atomic mass is 9.44. The Labute approximate surface area is 478 Å². The van der Waals surface area contributed by atoms with Gasteiger partial charge in [-0.3, -0.25) is 28.8 Å². The van der Waals surface area contributed by atoms with Gasteiger partial charge in [-0.15, -0.1) is 0 Å². The number of hydrogen-bond donors (Lipinski definition) is 3. The van der Waals surface area contributed by atoms with Crippen molar-refractivity contribution in [2.75, 3.05) is 31.3 Å². The van der Waals surface area contributed by atoms with Crippen molar-refractivity contribution in [3.63, 3.8) is 0 Å². The molecule has 0 saturated heterocycles. The molecule has 0 aromatic carbocycles. The number of carbonyl (C=O) groups is 8. The predicted molar refractivity (Wildman–Crippen MR) is 292 cm³/mol. The minimum absolute atomic E-state index is 0.00692. The molecule has 21 heteroatoms. The highest BCUT2D eigenvalue weighted by atomic mass is 32.2. The summed E-state index contributed by atoms with van der Waals surface area (Å²) < 4.78 is 87.7. The average Bonchev–Trinajstić information content (AvgIpc) is 2.33. The number of halogens is 4. The zero-order valence-electron chi connectivity index (χ0n) is 47.3. The van der Waals surface area contributed by atoms with Gasteiger partial charge in [0.15, 0.2) is 34.1 Å². The standard InChI is InChI=1S/C32H40F2O9S.C28H36F2O6S/c1-6-25(37)43-32(28(40)44-13-9-8-12-42-27(39)26(38)41-7-2)18(3)14-20-21-16-23(33)22-15-19(35)10-11-29(22,4)31(21,34)24(36)17-30(20,32)5;1-5-23(34)36-28(24(35)37-11-7-6-10-31)16(2)12-18-19-14-21(29)20-13-17(32)8-9-25(20,3)27(19,30)22(33)15-26(18,28)4/h8-11,15,18,20-21,23-24,36H,6-7,12-14,16-17H2,1-5H3;6-9,13,16,18-19,21-22,31,33H,5,10-12,14-15H2,1-4H3/b9-8+;7-6+/t18-,20?,21?,23+,24+,29+,30+,31+,32+;16-,18?,19?,21+,22+,25+,26+,27+,28+/m11/s1. The molecule has 6 fully saturated rings. The highest BCUT2D eigenvalue weighted by molar-refractivity contribution is 8.14. The number of fused-ring (bicyclic) bond motifs is 10. The van der Waals surface area contributed by atoms with Gasteiger partial charge in [-0.05, 0) is 107 Å². The van der Waals surface area contributed by atoms with E-state index in [0.29, 0.717) is 6.42 Å². The van der Waals surface area contributed by atoms with Gasteiger partial charge in [-0.2, -0.15) is 0 Å². The van der Waals surface area contributed by atoms with Crippen LogP contribution in [0.4, 0.5) is 17.6 Å². The van der Waals surface area contributed by atoms with Crippen LogP contribution in [0.15, 0.2) is 71.9 Å². The molecule has 3 N–H and O–H groups in total. The molecule has 8 rings (SSSR count). The van der Waals surface area contributed by atoms with Crippen LogP contribution >= 0.6 is 23.5 Å². The van der Waals surface area contributed by atoms with Crippen LogP contribution in [0.25, 0.3) is 0 Å². The van der Waals surface area contributed by atoms with Crippen LogP contribution in [-0.4, -0.2) is 139 Å². The van der Waals surface area contributed by atoms with Crippen molar-refractivity contribution in [3.8, 4) is 0 Å². The van der Waals surface area contributed by atoms with Crippen molar-refractivity contribution in [2.45, 2.75) is 161 Å². The van der Waals surface area contributed by atoms with Gasteiger partial charge in [0.05, 0.1) is 25.4 Å². The molecule has 8 aliphatic rings. The average molecular weight is 1180 g/mol. The first-order chi connectivity index (χ1) is 38.0. The van der Waals surface area contributed by atoms with Crippen molar-refractivity contribution in [1.82, 2.24) is 0 Å². The molecule has 0 radical (unpaired) electrons. The van der Waals surface area contributed by atoms with E-state index in [0.717, 1.165) is 35.7 Å². The van der Waals surface area contributed by atoms with Crippen LogP contribution in [-0.2, 0) is 57.3 Å². The molecule has 0 aromatic heterocycles. The predicted octanol–water partition coefficient (Wildman–Crippen LogP) is 8.22. The summed E-state index contributed by atoms with van der Waals surface area (Å²) in [6.07, 6.45) is 6.83. The first kappa shape index (κ1) is 63.9. The molecule has 0 aromatic rings. The minimum atomic E-state index is -2.33.